The van der Waals surface area contributed by atoms with E-state index in [9.17, 15) is 13.2 Å². The molecule has 6 rings (SSSR count). The summed E-state index contributed by atoms with van der Waals surface area (Å²) in [5.74, 6) is 0.132. The molecule has 0 aliphatic heterocycles. The molecule has 1 N–H and O–H groups in total. The minimum Gasteiger partial charge on any atom is -0.455 e. The second kappa shape index (κ2) is 10.5. The molecule has 2 heterocycles. The lowest BCUT2D eigenvalue weighted by atomic mass is 9.95. The molecule has 210 valence electrons. The summed E-state index contributed by atoms with van der Waals surface area (Å²) in [6, 6.07) is 27.4. The molecule has 2 aromatic heterocycles. The fourth-order valence-corrected chi connectivity index (χ4v) is 5.70. The van der Waals surface area contributed by atoms with E-state index in [2.05, 4.69) is 16.4 Å². The van der Waals surface area contributed by atoms with Crippen LogP contribution in [-0.2, 0) is 10.0 Å². The molecule has 6 aromatic rings. The van der Waals surface area contributed by atoms with Crippen molar-refractivity contribution in [3.05, 3.63) is 108 Å². The number of rotatable bonds is 6. The number of fused-ring (bicyclic) bond motifs is 2. The highest BCUT2D eigenvalue weighted by atomic mass is 32.2. The maximum absolute atomic E-state index is 13.2. The molecule has 42 heavy (non-hydrogen) atoms. The summed E-state index contributed by atoms with van der Waals surface area (Å²) < 4.78 is 33.1. The summed E-state index contributed by atoms with van der Waals surface area (Å²) in [7, 11) is -0.519. The van der Waals surface area contributed by atoms with Gasteiger partial charge in [0.2, 0.25) is 10.0 Å². The van der Waals surface area contributed by atoms with Crippen LogP contribution in [0.3, 0.4) is 0 Å². The molecule has 0 saturated carbocycles. The lowest BCUT2D eigenvalue weighted by Gasteiger charge is -2.21. The highest BCUT2D eigenvalue weighted by molar-refractivity contribution is 7.92. The van der Waals surface area contributed by atoms with Crippen molar-refractivity contribution in [1.82, 2.24) is 10.3 Å². The molecule has 4 aromatic carbocycles. The Kier molecular flexibility index (Phi) is 6.79. The van der Waals surface area contributed by atoms with Crippen LogP contribution in [0.4, 0.5) is 5.69 Å². The van der Waals surface area contributed by atoms with Crippen LogP contribution in [0.15, 0.2) is 102 Å². The zero-order chi connectivity index (χ0) is 29.6. The van der Waals surface area contributed by atoms with Gasteiger partial charge in [-0.25, -0.2) is 8.42 Å². The molecule has 0 atom stereocenters. The standard InChI is InChI=1S/C34H29N3O4S/c1-21-8-10-22(11-9-21)33-32(34(38)35-2)29-18-28(30(19-31(29)41-33)37(3)42(4,39)40)26-7-5-6-23(17-26)24-12-13-27-20-36-15-14-25(27)16-24/h5-20H,1-4H3,(H,35,38). The van der Waals surface area contributed by atoms with Crippen LogP contribution in [0.1, 0.15) is 15.9 Å². The molecule has 0 aliphatic rings. The number of aryl methyl sites for hydroxylation is 1. The first-order valence-electron chi connectivity index (χ1n) is 13.4. The van der Waals surface area contributed by atoms with Crippen molar-refractivity contribution in [3.63, 3.8) is 0 Å². The van der Waals surface area contributed by atoms with Crippen molar-refractivity contribution < 1.29 is 17.6 Å². The smallest absolute Gasteiger partial charge is 0.255 e. The number of amides is 1. The molecule has 0 spiro atoms. The summed E-state index contributed by atoms with van der Waals surface area (Å²) in [6.45, 7) is 1.99. The molecule has 0 aliphatic carbocycles. The summed E-state index contributed by atoms with van der Waals surface area (Å²) in [5, 5.41) is 5.45. The zero-order valence-electron chi connectivity index (χ0n) is 23.7. The molecular weight excluding hydrogens is 546 g/mol. The van der Waals surface area contributed by atoms with E-state index in [1.54, 1.807) is 19.3 Å². The number of hydrogen-bond acceptors (Lipinski definition) is 5. The third-order valence-electron chi connectivity index (χ3n) is 7.56. The molecule has 7 nitrogen and oxygen atoms in total. The highest BCUT2D eigenvalue weighted by Gasteiger charge is 2.26. The number of benzene rings is 4. The van der Waals surface area contributed by atoms with Crippen molar-refractivity contribution >= 4 is 43.4 Å². The predicted molar refractivity (Wildman–Crippen MR) is 169 cm³/mol. The maximum Gasteiger partial charge on any atom is 0.255 e. The number of sulfonamides is 1. The Labute approximate surface area is 244 Å². The van der Waals surface area contributed by atoms with Gasteiger partial charge in [0.05, 0.1) is 17.5 Å². The average Bonchev–Trinajstić information content (AvgIpc) is 3.37. The van der Waals surface area contributed by atoms with Gasteiger partial charge in [-0.3, -0.25) is 14.1 Å². The Balaban J connectivity index is 1.60. The number of pyridine rings is 1. The third kappa shape index (κ3) is 4.90. The summed E-state index contributed by atoms with van der Waals surface area (Å²) in [4.78, 5) is 17.4. The number of nitrogens with one attached hydrogen (secondary N) is 1. The van der Waals surface area contributed by atoms with Gasteiger partial charge in [-0.05, 0) is 53.3 Å². The summed E-state index contributed by atoms with van der Waals surface area (Å²) >= 11 is 0. The van der Waals surface area contributed by atoms with E-state index in [0.717, 1.165) is 44.8 Å². The quantitative estimate of drug-likeness (QED) is 0.230. The minimum atomic E-state index is -3.62. The van der Waals surface area contributed by atoms with E-state index in [4.69, 9.17) is 4.42 Å². The first-order valence-corrected chi connectivity index (χ1v) is 15.3. The van der Waals surface area contributed by atoms with Gasteiger partial charge in [0, 0.05) is 54.5 Å². The molecule has 0 radical (unpaired) electrons. The van der Waals surface area contributed by atoms with Gasteiger partial charge < -0.3 is 9.73 Å². The van der Waals surface area contributed by atoms with Crippen LogP contribution in [0.25, 0.3) is 55.3 Å². The molecule has 0 saturated heterocycles. The molecule has 0 fully saturated rings. The largest absolute Gasteiger partial charge is 0.455 e. The topological polar surface area (TPSA) is 92.5 Å². The van der Waals surface area contributed by atoms with E-state index in [1.165, 1.54) is 11.4 Å². The first-order chi connectivity index (χ1) is 20.1. The monoisotopic (exact) mass is 575 g/mol. The number of carbonyl (C=O) groups is 1. The molecule has 8 heteroatoms. The maximum atomic E-state index is 13.2. The van der Waals surface area contributed by atoms with Crippen molar-refractivity contribution in [1.29, 1.82) is 0 Å². The van der Waals surface area contributed by atoms with Gasteiger partial charge >= 0.3 is 0 Å². The highest BCUT2D eigenvalue weighted by Crippen LogP contribution is 2.42. The number of anilines is 1. The molecular formula is C34H29N3O4S. The van der Waals surface area contributed by atoms with Crippen molar-refractivity contribution in [2.24, 2.45) is 0 Å². The number of furan rings is 1. The van der Waals surface area contributed by atoms with Gasteiger partial charge in [-0.1, -0.05) is 60.2 Å². The summed E-state index contributed by atoms with van der Waals surface area (Å²) in [6.07, 6.45) is 4.76. The average molecular weight is 576 g/mol. The van der Waals surface area contributed by atoms with Crippen LogP contribution in [0.2, 0.25) is 0 Å². The Hall–Kier alpha value is -4.95. The van der Waals surface area contributed by atoms with Gasteiger partial charge in [0.25, 0.3) is 5.91 Å². The Morgan fingerprint density at radius 3 is 2.31 bits per heavy atom. The lowest BCUT2D eigenvalue weighted by molar-refractivity contribution is 0.0964. The Morgan fingerprint density at radius 1 is 0.857 bits per heavy atom. The van der Waals surface area contributed by atoms with Crippen LogP contribution >= 0.6 is 0 Å². The second-order valence-corrected chi connectivity index (χ2v) is 12.4. The van der Waals surface area contributed by atoms with Crippen molar-refractivity contribution in [2.75, 3.05) is 24.7 Å². The number of nitrogens with zero attached hydrogens (tertiary/aromatic N) is 2. The third-order valence-corrected chi connectivity index (χ3v) is 8.75. The normalized spacial score (nSPS) is 11.6. The van der Waals surface area contributed by atoms with Gasteiger partial charge in [0.15, 0.2) is 0 Å². The lowest BCUT2D eigenvalue weighted by Crippen LogP contribution is -2.25. The number of hydrogen-bond donors (Lipinski definition) is 1. The number of aromatic nitrogens is 1. The van der Waals surface area contributed by atoms with E-state index in [1.807, 2.05) is 85.9 Å². The zero-order valence-corrected chi connectivity index (χ0v) is 24.5. The van der Waals surface area contributed by atoms with Crippen LogP contribution in [0.5, 0.6) is 0 Å². The van der Waals surface area contributed by atoms with Crippen LogP contribution in [0, 0.1) is 6.92 Å². The van der Waals surface area contributed by atoms with E-state index < -0.39 is 10.0 Å². The van der Waals surface area contributed by atoms with E-state index in [0.29, 0.717) is 33.5 Å². The van der Waals surface area contributed by atoms with Gasteiger partial charge in [-0.15, -0.1) is 0 Å². The fraction of sp³-hybridized carbons (Fsp3) is 0.118. The van der Waals surface area contributed by atoms with Gasteiger partial charge in [-0.2, -0.15) is 0 Å². The SMILES string of the molecule is CNC(=O)c1c(-c2ccc(C)cc2)oc2cc(N(C)S(C)(=O)=O)c(-c3cccc(-c4ccc5cnccc5c4)c3)cc12. The number of carbonyl (C=O) groups excluding carboxylic acids is 1. The van der Waals surface area contributed by atoms with E-state index in [-0.39, 0.29) is 5.91 Å². The first kappa shape index (κ1) is 27.2. The van der Waals surface area contributed by atoms with Crippen LogP contribution in [-0.4, -0.2) is 39.7 Å². The molecule has 0 unspecified atom stereocenters. The van der Waals surface area contributed by atoms with Crippen LogP contribution < -0.4 is 9.62 Å². The Bertz CT molecular complexity index is 2100. The minimum absolute atomic E-state index is 0.293. The van der Waals surface area contributed by atoms with E-state index >= 15 is 0 Å². The van der Waals surface area contributed by atoms with Gasteiger partial charge in [0.1, 0.15) is 11.3 Å². The predicted octanol–water partition coefficient (Wildman–Crippen LogP) is 7.05. The van der Waals surface area contributed by atoms with Crippen molar-refractivity contribution in [2.45, 2.75) is 6.92 Å². The fourth-order valence-electron chi connectivity index (χ4n) is 5.19. The Morgan fingerprint density at radius 2 is 1.57 bits per heavy atom. The van der Waals surface area contributed by atoms with Crippen molar-refractivity contribution in [3.8, 4) is 33.6 Å². The summed E-state index contributed by atoms with van der Waals surface area (Å²) in [5.41, 5.74) is 6.54. The second-order valence-electron chi connectivity index (χ2n) is 10.4. The molecule has 1 amide bonds. The molecule has 0 bridgehead atoms.